The van der Waals surface area contributed by atoms with Gasteiger partial charge in [0.15, 0.2) is 13.8 Å². The molecular formula is C16H21FN4O2S3. The highest BCUT2D eigenvalue weighted by atomic mass is 32.2. The average Bonchev–Trinajstić information content (AvgIpc) is 3.09. The van der Waals surface area contributed by atoms with Crippen molar-refractivity contribution < 1.29 is 12.8 Å². The largest absolute Gasteiger partial charge is 0.330 e. The van der Waals surface area contributed by atoms with Gasteiger partial charge in [-0.2, -0.15) is 0 Å². The van der Waals surface area contributed by atoms with Crippen LogP contribution in [0.3, 0.4) is 0 Å². The first-order valence-corrected chi connectivity index (χ1v) is 11.5. The molecule has 0 spiro atoms. The van der Waals surface area contributed by atoms with Crippen LogP contribution >= 0.6 is 23.6 Å². The lowest BCUT2D eigenvalue weighted by Gasteiger charge is -2.27. The zero-order chi connectivity index (χ0) is 18.7. The molecule has 0 unspecified atom stereocenters. The summed E-state index contributed by atoms with van der Waals surface area (Å²) in [4.78, 5) is 2.13. The van der Waals surface area contributed by atoms with Crippen LogP contribution in [0.5, 0.6) is 0 Å². The first-order chi connectivity index (χ1) is 12.4. The van der Waals surface area contributed by atoms with E-state index in [0.717, 1.165) is 13.0 Å². The molecule has 0 saturated carbocycles. The van der Waals surface area contributed by atoms with Gasteiger partial charge in [0.25, 0.3) is 0 Å². The van der Waals surface area contributed by atoms with E-state index < -0.39 is 9.84 Å². The van der Waals surface area contributed by atoms with E-state index in [1.54, 1.807) is 16.8 Å². The molecule has 1 atom stereocenters. The number of sulfone groups is 1. The molecule has 26 heavy (non-hydrogen) atoms. The van der Waals surface area contributed by atoms with Gasteiger partial charge in [-0.25, -0.2) is 17.5 Å². The quantitative estimate of drug-likeness (QED) is 0.698. The maximum absolute atomic E-state index is 13.3. The number of aromatic nitrogens is 2. The number of nitrogens with one attached hydrogen (secondary N) is 1. The van der Waals surface area contributed by atoms with Crippen LogP contribution in [0.2, 0.25) is 0 Å². The van der Waals surface area contributed by atoms with Gasteiger partial charge in [-0.3, -0.25) is 4.90 Å². The van der Waals surface area contributed by atoms with Crippen LogP contribution in [0.25, 0.3) is 0 Å². The fourth-order valence-electron chi connectivity index (χ4n) is 3.03. The van der Waals surface area contributed by atoms with Crippen molar-refractivity contribution in [3.63, 3.8) is 0 Å². The Balaban J connectivity index is 1.74. The predicted molar refractivity (Wildman–Crippen MR) is 105 cm³/mol. The summed E-state index contributed by atoms with van der Waals surface area (Å²) in [5, 5.41) is 8.11. The third-order valence-electron chi connectivity index (χ3n) is 4.23. The zero-order valence-corrected chi connectivity index (χ0v) is 16.8. The number of nitrogens with zero attached hydrogens (tertiary/aromatic N) is 3. The van der Waals surface area contributed by atoms with Crippen molar-refractivity contribution in [2.75, 3.05) is 23.4 Å². The smallest absolute Gasteiger partial charge is 0.209 e. The summed E-state index contributed by atoms with van der Waals surface area (Å²) >= 11 is 6.70. The van der Waals surface area contributed by atoms with Crippen molar-refractivity contribution in [2.45, 2.75) is 32.5 Å². The Morgan fingerprint density at radius 3 is 2.96 bits per heavy atom. The molecule has 142 valence electrons. The van der Waals surface area contributed by atoms with E-state index in [2.05, 4.69) is 22.2 Å². The second-order valence-corrected chi connectivity index (χ2v) is 10.2. The maximum Gasteiger partial charge on any atom is 0.209 e. The van der Waals surface area contributed by atoms with Gasteiger partial charge in [0.1, 0.15) is 5.82 Å². The first-order valence-electron chi connectivity index (χ1n) is 8.41. The Morgan fingerprint density at radius 2 is 2.31 bits per heavy atom. The zero-order valence-electron chi connectivity index (χ0n) is 14.4. The van der Waals surface area contributed by atoms with Crippen molar-refractivity contribution in [3.05, 3.63) is 34.0 Å². The summed E-state index contributed by atoms with van der Waals surface area (Å²) in [7, 11) is -2.94. The van der Waals surface area contributed by atoms with Gasteiger partial charge in [-0.05, 0) is 49.8 Å². The highest BCUT2D eigenvalue weighted by Gasteiger charge is 2.32. The van der Waals surface area contributed by atoms with Gasteiger partial charge in [0.05, 0.1) is 18.2 Å². The second-order valence-electron chi connectivity index (χ2n) is 6.32. The molecule has 1 aromatic carbocycles. The van der Waals surface area contributed by atoms with Gasteiger partial charge in [-0.15, -0.1) is 5.10 Å². The molecule has 2 aromatic rings. The normalized spacial score (nSPS) is 19.1. The number of hydrogen-bond acceptors (Lipinski definition) is 7. The number of anilines is 2. The molecule has 0 amide bonds. The molecule has 1 aromatic heterocycles. The van der Waals surface area contributed by atoms with E-state index in [1.165, 1.54) is 23.5 Å². The number of hydrogen-bond donors (Lipinski definition) is 1. The van der Waals surface area contributed by atoms with E-state index in [1.807, 2.05) is 0 Å². The van der Waals surface area contributed by atoms with Gasteiger partial charge in [0, 0.05) is 11.7 Å². The molecular weight excluding hydrogens is 395 g/mol. The van der Waals surface area contributed by atoms with Crippen LogP contribution in [0, 0.1) is 9.77 Å². The lowest BCUT2D eigenvalue weighted by Crippen LogP contribution is -2.38. The fraction of sp³-hybridized carbons (Fsp3) is 0.500. The van der Waals surface area contributed by atoms with Crippen molar-refractivity contribution in [3.8, 4) is 0 Å². The van der Waals surface area contributed by atoms with Gasteiger partial charge in [-0.1, -0.05) is 24.3 Å². The molecule has 1 aliphatic rings. The summed E-state index contributed by atoms with van der Waals surface area (Å²) in [5.41, 5.74) is 0.605. The maximum atomic E-state index is 13.3. The SMILES string of the molecule is CCCN(Cn1nc(Nc2cccc(F)c2)sc1=S)[C@H]1CCS(=O)(=O)C1. The molecule has 1 aliphatic heterocycles. The van der Waals surface area contributed by atoms with Crippen molar-refractivity contribution in [1.29, 1.82) is 0 Å². The minimum atomic E-state index is -2.94. The van der Waals surface area contributed by atoms with Gasteiger partial charge >= 0.3 is 0 Å². The number of halogens is 1. The standard InChI is InChI=1S/C16H21FN4O2S3/c1-2-7-20(14-6-8-26(22,23)10-14)11-21-16(24)25-15(19-21)18-13-5-3-4-12(17)9-13/h3-5,9,14H,2,6-8,10-11H2,1H3,(H,18,19)/t14-/m0/s1. The number of rotatable bonds is 7. The molecule has 0 radical (unpaired) electrons. The molecule has 1 fully saturated rings. The van der Waals surface area contributed by atoms with Crippen LogP contribution in [0.15, 0.2) is 24.3 Å². The number of benzene rings is 1. The molecule has 6 nitrogen and oxygen atoms in total. The summed E-state index contributed by atoms with van der Waals surface area (Å²) in [6, 6.07) is 6.15. The Bertz CT molecular complexity index is 926. The molecule has 10 heteroatoms. The van der Waals surface area contributed by atoms with E-state index in [4.69, 9.17) is 12.2 Å². The van der Waals surface area contributed by atoms with E-state index >= 15 is 0 Å². The molecule has 2 heterocycles. The first kappa shape index (κ1) is 19.4. The molecule has 0 aliphatic carbocycles. The summed E-state index contributed by atoms with van der Waals surface area (Å²) < 4.78 is 39.2. The summed E-state index contributed by atoms with van der Waals surface area (Å²) in [5.74, 6) is 0.112. The van der Waals surface area contributed by atoms with Crippen LogP contribution in [-0.4, -0.2) is 47.2 Å². The van der Waals surface area contributed by atoms with Crippen LogP contribution < -0.4 is 5.32 Å². The Morgan fingerprint density at radius 1 is 1.50 bits per heavy atom. The molecule has 1 N–H and O–H groups in total. The third kappa shape index (κ3) is 4.87. The van der Waals surface area contributed by atoms with Crippen molar-refractivity contribution in [2.24, 2.45) is 0 Å². The van der Waals surface area contributed by atoms with Crippen LogP contribution in [0.1, 0.15) is 19.8 Å². The molecule has 3 rings (SSSR count). The Hall–Kier alpha value is -1.36. The van der Waals surface area contributed by atoms with Crippen molar-refractivity contribution in [1.82, 2.24) is 14.7 Å². The lowest BCUT2D eigenvalue weighted by molar-refractivity contribution is 0.156. The van der Waals surface area contributed by atoms with E-state index in [0.29, 0.717) is 27.9 Å². The van der Waals surface area contributed by atoms with E-state index in [-0.39, 0.29) is 23.4 Å². The highest BCUT2D eigenvalue weighted by molar-refractivity contribution is 7.91. The van der Waals surface area contributed by atoms with Gasteiger partial charge in [0.2, 0.25) is 5.13 Å². The third-order valence-corrected chi connectivity index (χ3v) is 7.21. The second kappa shape index (κ2) is 8.12. The minimum Gasteiger partial charge on any atom is -0.330 e. The predicted octanol–water partition coefficient (Wildman–Crippen LogP) is 3.41. The average molecular weight is 417 g/mol. The van der Waals surface area contributed by atoms with Crippen LogP contribution in [0.4, 0.5) is 15.2 Å². The molecule has 0 bridgehead atoms. The Kier molecular flexibility index (Phi) is 6.06. The summed E-state index contributed by atoms with van der Waals surface area (Å²) in [6.45, 7) is 3.30. The van der Waals surface area contributed by atoms with Crippen LogP contribution in [-0.2, 0) is 16.5 Å². The Labute approximate surface area is 161 Å². The van der Waals surface area contributed by atoms with Crippen molar-refractivity contribution >= 4 is 44.2 Å². The lowest BCUT2D eigenvalue weighted by atomic mass is 10.2. The van der Waals surface area contributed by atoms with E-state index in [9.17, 15) is 12.8 Å². The summed E-state index contributed by atoms with van der Waals surface area (Å²) in [6.07, 6.45) is 1.57. The highest BCUT2D eigenvalue weighted by Crippen LogP contribution is 2.23. The van der Waals surface area contributed by atoms with Gasteiger partial charge < -0.3 is 5.32 Å². The molecule has 1 saturated heterocycles. The monoisotopic (exact) mass is 416 g/mol. The minimum absolute atomic E-state index is 0.00294. The topological polar surface area (TPSA) is 67.2 Å². The fourth-order valence-corrected chi connectivity index (χ4v) is 5.80.